The number of rotatable bonds is 5. The molecule has 0 rings (SSSR count). The lowest BCUT2D eigenvalue weighted by Crippen LogP contribution is -2.42. The molecule has 0 heterocycles. The standard InChI is InChI=1S/C11H24N4.HI/c1-9(2)7-13-10(12)14-8-11(3,4)15(5)6;/h1,7-8H2,2-6H3,(H3,12,13,14);1H. The van der Waals surface area contributed by atoms with Crippen LogP contribution >= 0.6 is 24.0 Å². The Morgan fingerprint density at radius 2 is 1.94 bits per heavy atom. The molecular weight excluding hydrogens is 315 g/mol. The Bertz CT molecular complexity index is 246. The minimum atomic E-state index is 0. The first kappa shape index (κ1) is 18.1. The predicted molar refractivity (Wildman–Crippen MR) is 82.5 cm³/mol. The quantitative estimate of drug-likeness (QED) is 0.345. The van der Waals surface area contributed by atoms with E-state index < -0.39 is 0 Å². The zero-order valence-electron chi connectivity index (χ0n) is 11.0. The third-order valence-electron chi connectivity index (χ3n) is 2.42. The van der Waals surface area contributed by atoms with Crippen molar-refractivity contribution in [1.82, 2.24) is 10.2 Å². The molecule has 96 valence electrons. The van der Waals surface area contributed by atoms with Crippen molar-refractivity contribution in [3.8, 4) is 0 Å². The van der Waals surface area contributed by atoms with E-state index in [4.69, 9.17) is 5.73 Å². The molecule has 5 heteroatoms. The van der Waals surface area contributed by atoms with E-state index in [-0.39, 0.29) is 29.5 Å². The molecule has 0 unspecified atom stereocenters. The van der Waals surface area contributed by atoms with Gasteiger partial charge in [-0.1, -0.05) is 12.2 Å². The van der Waals surface area contributed by atoms with Gasteiger partial charge in [0.2, 0.25) is 0 Å². The average Bonchev–Trinajstić information content (AvgIpc) is 2.11. The van der Waals surface area contributed by atoms with Crippen molar-refractivity contribution in [3.05, 3.63) is 12.2 Å². The molecule has 4 nitrogen and oxygen atoms in total. The van der Waals surface area contributed by atoms with Crippen LogP contribution in [-0.4, -0.2) is 43.6 Å². The van der Waals surface area contributed by atoms with Gasteiger partial charge in [0.15, 0.2) is 5.96 Å². The fraction of sp³-hybridized carbons (Fsp3) is 0.727. The number of hydrogen-bond acceptors (Lipinski definition) is 2. The van der Waals surface area contributed by atoms with Gasteiger partial charge < -0.3 is 16.0 Å². The van der Waals surface area contributed by atoms with E-state index >= 15 is 0 Å². The molecule has 0 amide bonds. The van der Waals surface area contributed by atoms with E-state index in [1.165, 1.54) is 0 Å². The second kappa shape index (κ2) is 7.89. The topological polar surface area (TPSA) is 53.6 Å². The van der Waals surface area contributed by atoms with Crippen LogP contribution in [0.4, 0.5) is 0 Å². The van der Waals surface area contributed by atoms with Crippen molar-refractivity contribution in [1.29, 1.82) is 0 Å². The van der Waals surface area contributed by atoms with Crippen LogP contribution in [-0.2, 0) is 0 Å². The van der Waals surface area contributed by atoms with Gasteiger partial charge in [0.1, 0.15) is 0 Å². The van der Waals surface area contributed by atoms with E-state index in [9.17, 15) is 0 Å². The number of guanidine groups is 1. The maximum Gasteiger partial charge on any atom is 0.188 e. The van der Waals surface area contributed by atoms with Gasteiger partial charge >= 0.3 is 0 Å². The summed E-state index contributed by atoms with van der Waals surface area (Å²) in [7, 11) is 4.07. The van der Waals surface area contributed by atoms with Gasteiger partial charge in [-0.15, -0.1) is 24.0 Å². The molecule has 0 saturated heterocycles. The molecule has 0 bridgehead atoms. The maximum atomic E-state index is 5.71. The highest BCUT2D eigenvalue weighted by atomic mass is 127. The average molecular weight is 340 g/mol. The smallest absolute Gasteiger partial charge is 0.188 e. The molecular formula is C11H25IN4. The van der Waals surface area contributed by atoms with Crippen LogP contribution in [0.25, 0.3) is 0 Å². The van der Waals surface area contributed by atoms with E-state index in [1.807, 2.05) is 21.0 Å². The zero-order chi connectivity index (χ0) is 12.1. The zero-order valence-corrected chi connectivity index (χ0v) is 13.3. The number of nitrogens with one attached hydrogen (secondary N) is 1. The summed E-state index contributed by atoms with van der Waals surface area (Å²) in [6.07, 6.45) is 0. The number of likely N-dealkylation sites (N-methyl/N-ethyl adjacent to an activating group) is 1. The van der Waals surface area contributed by atoms with Crippen molar-refractivity contribution in [2.45, 2.75) is 26.3 Å². The minimum absolute atomic E-state index is 0. The summed E-state index contributed by atoms with van der Waals surface area (Å²) in [5.74, 6) is 0.480. The SMILES string of the molecule is C=C(C)CNC(N)=NCC(C)(C)N(C)C.I. The molecule has 0 spiro atoms. The Balaban J connectivity index is 0. The van der Waals surface area contributed by atoms with Crippen LogP contribution < -0.4 is 11.1 Å². The van der Waals surface area contributed by atoms with Crippen molar-refractivity contribution >= 4 is 29.9 Å². The molecule has 0 atom stereocenters. The molecule has 0 aliphatic carbocycles. The first-order valence-corrected chi connectivity index (χ1v) is 5.11. The van der Waals surface area contributed by atoms with Gasteiger partial charge in [0.25, 0.3) is 0 Å². The van der Waals surface area contributed by atoms with E-state index in [2.05, 4.69) is 35.6 Å². The monoisotopic (exact) mass is 340 g/mol. The largest absolute Gasteiger partial charge is 0.370 e. The van der Waals surface area contributed by atoms with Gasteiger partial charge in [0, 0.05) is 12.1 Å². The minimum Gasteiger partial charge on any atom is -0.370 e. The Kier molecular flexibility index (Phi) is 8.91. The normalized spacial score (nSPS) is 12.2. The van der Waals surface area contributed by atoms with Gasteiger partial charge in [-0.3, -0.25) is 4.99 Å². The lowest BCUT2D eigenvalue weighted by atomic mass is 10.1. The fourth-order valence-corrected chi connectivity index (χ4v) is 0.717. The van der Waals surface area contributed by atoms with Crippen molar-refractivity contribution in [2.75, 3.05) is 27.2 Å². The first-order valence-electron chi connectivity index (χ1n) is 5.11. The van der Waals surface area contributed by atoms with E-state index in [0.29, 0.717) is 19.0 Å². The van der Waals surface area contributed by atoms with Gasteiger partial charge in [-0.05, 0) is 34.9 Å². The summed E-state index contributed by atoms with van der Waals surface area (Å²) in [6, 6.07) is 0. The molecule has 0 aromatic heterocycles. The van der Waals surface area contributed by atoms with Crippen LogP contribution in [0.2, 0.25) is 0 Å². The second-order valence-corrected chi connectivity index (χ2v) is 4.72. The summed E-state index contributed by atoms with van der Waals surface area (Å²) in [4.78, 5) is 6.42. The van der Waals surface area contributed by atoms with Crippen LogP contribution in [0.5, 0.6) is 0 Å². The lowest BCUT2D eigenvalue weighted by molar-refractivity contribution is 0.205. The molecule has 0 fully saturated rings. The summed E-state index contributed by atoms with van der Waals surface area (Å²) in [5, 5.41) is 3.00. The van der Waals surface area contributed by atoms with E-state index in [0.717, 1.165) is 5.57 Å². The van der Waals surface area contributed by atoms with Crippen molar-refractivity contribution in [3.63, 3.8) is 0 Å². The summed E-state index contributed by atoms with van der Waals surface area (Å²) in [5.41, 5.74) is 6.77. The molecule has 16 heavy (non-hydrogen) atoms. The van der Waals surface area contributed by atoms with Gasteiger partial charge in [-0.25, -0.2) is 0 Å². The lowest BCUT2D eigenvalue weighted by Gasteiger charge is -2.30. The van der Waals surface area contributed by atoms with Crippen LogP contribution in [0.3, 0.4) is 0 Å². The molecule has 0 aliphatic heterocycles. The summed E-state index contributed by atoms with van der Waals surface area (Å²) in [6.45, 7) is 11.3. The Labute approximate surface area is 116 Å². The summed E-state index contributed by atoms with van der Waals surface area (Å²) >= 11 is 0. The molecule has 3 N–H and O–H groups in total. The number of nitrogens with zero attached hydrogens (tertiary/aromatic N) is 2. The fourth-order valence-electron chi connectivity index (χ4n) is 0.717. The van der Waals surface area contributed by atoms with Gasteiger partial charge in [-0.2, -0.15) is 0 Å². The third kappa shape index (κ3) is 7.92. The number of halogens is 1. The molecule has 0 aromatic rings. The Hall–Kier alpha value is -0.300. The Morgan fingerprint density at radius 1 is 1.44 bits per heavy atom. The van der Waals surface area contributed by atoms with Crippen LogP contribution in [0.1, 0.15) is 20.8 Å². The highest BCUT2D eigenvalue weighted by Crippen LogP contribution is 2.09. The second-order valence-electron chi connectivity index (χ2n) is 4.72. The van der Waals surface area contributed by atoms with Crippen molar-refractivity contribution in [2.24, 2.45) is 10.7 Å². The molecule has 0 saturated carbocycles. The molecule has 0 aromatic carbocycles. The number of aliphatic imine (C=N–C) groups is 1. The highest BCUT2D eigenvalue weighted by molar-refractivity contribution is 14.0. The summed E-state index contributed by atoms with van der Waals surface area (Å²) < 4.78 is 0. The van der Waals surface area contributed by atoms with Gasteiger partial charge in [0.05, 0.1) is 6.54 Å². The van der Waals surface area contributed by atoms with Crippen LogP contribution in [0, 0.1) is 0 Å². The first-order chi connectivity index (χ1) is 6.75. The van der Waals surface area contributed by atoms with Crippen molar-refractivity contribution < 1.29 is 0 Å². The van der Waals surface area contributed by atoms with E-state index in [1.54, 1.807) is 0 Å². The van der Waals surface area contributed by atoms with Crippen LogP contribution in [0.15, 0.2) is 17.1 Å². The number of nitrogens with two attached hydrogens (primary N) is 1. The molecule has 0 radical (unpaired) electrons. The Morgan fingerprint density at radius 3 is 2.31 bits per heavy atom. The predicted octanol–water partition coefficient (Wildman–Crippen LogP) is 1.42. The molecule has 0 aliphatic rings. The highest BCUT2D eigenvalue weighted by Gasteiger charge is 2.19. The number of hydrogen-bond donors (Lipinski definition) is 2. The maximum absolute atomic E-state index is 5.71. The third-order valence-corrected chi connectivity index (χ3v) is 2.42.